The smallest absolute Gasteiger partial charge is 0.170 e. The van der Waals surface area contributed by atoms with Crippen LogP contribution in [0.25, 0.3) is 0 Å². The van der Waals surface area contributed by atoms with Crippen molar-refractivity contribution in [2.24, 2.45) is 0 Å². The summed E-state index contributed by atoms with van der Waals surface area (Å²) in [7, 11) is 2.29. The summed E-state index contributed by atoms with van der Waals surface area (Å²) in [6, 6.07) is 6.26. The highest BCUT2D eigenvalue weighted by Gasteiger charge is 2.18. The standard InChI is InChI=1S/C17H28N4S/c1-14-6-4-7-16(15(14)2)19-17(22)18-8-5-9-21-12-10-20(3)11-13-21/h4,6-7H,5,8-13H2,1-3H3,(H2,18,19,22)/p+2. The molecule has 122 valence electrons. The van der Waals surface area contributed by atoms with E-state index in [9.17, 15) is 0 Å². The molecule has 0 radical (unpaired) electrons. The summed E-state index contributed by atoms with van der Waals surface area (Å²) in [6.07, 6.45) is 1.17. The second-order valence-corrected chi connectivity index (χ2v) is 6.85. The van der Waals surface area contributed by atoms with E-state index >= 15 is 0 Å². The van der Waals surface area contributed by atoms with Gasteiger partial charge in [-0.25, -0.2) is 0 Å². The molecule has 4 nitrogen and oxygen atoms in total. The first-order chi connectivity index (χ1) is 10.6. The van der Waals surface area contributed by atoms with E-state index in [2.05, 4.69) is 49.7 Å². The van der Waals surface area contributed by atoms with Crippen LogP contribution in [-0.2, 0) is 0 Å². The fraction of sp³-hybridized carbons (Fsp3) is 0.588. The molecule has 1 aliphatic heterocycles. The zero-order valence-corrected chi connectivity index (χ0v) is 14.9. The Hall–Kier alpha value is -1.17. The number of aryl methyl sites for hydroxylation is 1. The van der Waals surface area contributed by atoms with Gasteiger partial charge in [-0.1, -0.05) is 12.1 Å². The molecule has 0 spiro atoms. The van der Waals surface area contributed by atoms with Crippen LogP contribution in [0.1, 0.15) is 17.5 Å². The highest BCUT2D eigenvalue weighted by atomic mass is 32.1. The lowest BCUT2D eigenvalue weighted by molar-refractivity contribution is -1.00. The number of anilines is 1. The highest BCUT2D eigenvalue weighted by Crippen LogP contribution is 2.17. The molecule has 2 rings (SSSR count). The third-order valence-corrected chi connectivity index (χ3v) is 4.90. The van der Waals surface area contributed by atoms with Gasteiger partial charge in [0.25, 0.3) is 0 Å². The molecule has 1 aliphatic rings. The van der Waals surface area contributed by atoms with Crippen LogP contribution in [0.4, 0.5) is 5.69 Å². The molecule has 22 heavy (non-hydrogen) atoms. The summed E-state index contributed by atoms with van der Waals surface area (Å²) in [5, 5.41) is 7.36. The van der Waals surface area contributed by atoms with Gasteiger partial charge in [0.05, 0.1) is 13.6 Å². The van der Waals surface area contributed by atoms with Crippen molar-refractivity contribution in [3.05, 3.63) is 29.3 Å². The molecule has 5 heteroatoms. The molecule has 0 aliphatic carbocycles. The predicted molar refractivity (Wildman–Crippen MR) is 96.9 cm³/mol. The van der Waals surface area contributed by atoms with Crippen molar-refractivity contribution >= 4 is 23.0 Å². The summed E-state index contributed by atoms with van der Waals surface area (Å²) in [5.41, 5.74) is 3.65. The van der Waals surface area contributed by atoms with Gasteiger partial charge in [0, 0.05) is 18.7 Å². The largest absolute Gasteiger partial charge is 0.362 e. The number of hydrogen-bond acceptors (Lipinski definition) is 1. The van der Waals surface area contributed by atoms with Gasteiger partial charge in [-0.3, -0.25) is 0 Å². The Morgan fingerprint density at radius 2 is 1.91 bits per heavy atom. The first kappa shape index (κ1) is 17.2. The average molecular weight is 323 g/mol. The molecular formula is C17H30N4S+2. The van der Waals surface area contributed by atoms with Crippen molar-refractivity contribution < 1.29 is 9.80 Å². The summed E-state index contributed by atoms with van der Waals surface area (Å²) in [6.45, 7) is 11.6. The molecule has 1 fully saturated rings. The van der Waals surface area contributed by atoms with E-state index in [4.69, 9.17) is 12.2 Å². The van der Waals surface area contributed by atoms with E-state index < -0.39 is 0 Å². The van der Waals surface area contributed by atoms with Gasteiger partial charge in [0.1, 0.15) is 26.2 Å². The van der Waals surface area contributed by atoms with Crippen molar-refractivity contribution in [1.29, 1.82) is 0 Å². The normalized spacial score (nSPS) is 21.4. The van der Waals surface area contributed by atoms with Crippen LogP contribution in [0.2, 0.25) is 0 Å². The van der Waals surface area contributed by atoms with Gasteiger partial charge in [0.15, 0.2) is 5.11 Å². The molecule has 0 aromatic heterocycles. The molecular weight excluding hydrogens is 292 g/mol. The molecule has 1 aromatic rings. The van der Waals surface area contributed by atoms with Crippen LogP contribution in [0.5, 0.6) is 0 Å². The van der Waals surface area contributed by atoms with E-state index in [1.54, 1.807) is 9.80 Å². The Bertz CT molecular complexity index is 495. The van der Waals surface area contributed by atoms with Crippen molar-refractivity contribution in [2.75, 3.05) is 51.6 Å². The minimum Gasteiger partial charge on any atom is -0.362 e. The van der Waals surface area contributed by atoms with Crippen LogP contribution in [0.3, 0.4) is 0 Å². The topological polar surface area (TPSA) is 32.9 Å². The first-order valence-electron chi connectivity index (χ1n) is 8.32. The Balaban J connectivity index is 1.65. The van der Waals surface area contributed by atoms with Gasteiger partial charge < -0.3 is 20.4 Å². The monoisotopic (exact) mass is 322 g/mol. The second kappa shape index (κ2) is 8.46. The third kappa shape index (κ3) is 5.23. The van der Waals surface area contributed by atoms with Crippen LogP contribution >= 0.6 is 12.2 Å². The number of hydrogen-bond donors (Lipinski definition) is 4. The SMILES string of the molecule is Cc1cccc(NC(=S)NCCC[NH+]2CC[NH+](C)CC2)c1C. The van der Waals surface area contributed by atoms with Crippen molar-refractivity contribution in [1.82, 2.24) is 5.32 Å². The number of nitrogens with one attached hydrogen (secondary N) is 4. The van der Waals surface area contributed by atoms with E-state index in [-0.39, 0.29) is 0 Å². The molecule has 0 unspecified atom stereocenters. The Labute approximate surface area is 139 Å². The number of benzene rings is 1. The number of likely N-dealkylation sites (N-methyl/N-ethyl adjacent to an activating group) is 1. The van der Waals surface area contributed by atoms with E-state index in [0.717, 1.165) is 17.3 Å². The van der Waals surface area contributed by atoms with Crippen molar-refractivity contribution in [2.45, 2.75) is 20.3 Å². The maximum atomic E-state index is 5.39. The lowest BCUT2D eigenvalue weighted by atomic mass is 10.1. The lowest BCUT2D eigenvalue weighted by Gasteiger charge is -2.27. The van der Waals surface area contributed by atoms with Gasteiger partial charge in [0.2, 0.25) is 0 Å². The van der Waals surface area contributed by atoms with Crippen LogP contribution in [-0.4, -0.2) is 51.4 Å². The van der Waals surface area contributed by atoms with Gasteiger partial charge >= 0.3 is 0 Å². The number of thiocarbonyl (C=S) groups is 1. The quantitative estimate of drug-likeness (QED) is 0.431. The van der Waals surface area contributed by atoms with Crippen LogP contribution < -0.4 is 20.4 Å². The molecule has 0 amide bonds. The summed E-state index contributed by atoms with van der Waals surface area (Å²) < 4.78 is 0. The summed E-state index contributed by atoms with van der Waals surface area (Å²) in [4.78, 5) is 3.40. The molecule has 0 atom stereocenters. The van der Waals surface area contributed by atoms with Gasteiger partial charge in [-0.05, 0) is 43.3 Å². The van der Waals surface area contributed by atoms with Crippen LogP contribution in [0.15, 0.2) is 18.2 Å². The van der Waals surface area contributed by atoms with Crippen LogP contribution in [0, 0.1) is 13.8 Å². The predicted octanol–water partition coefficient (Wildman–Crippen LogP) is -0.607. The Morgan fingerprint density at radius 1 is 1.18 bits per heavy atom. The third-order valence-electron chi connectivity index (χ3n) is 4.66. The molecule has 0 saturated carbocycles. The van der Waals surface area contributed by atoms with Crippen molar-refractivity contribution in [3.63, 3.8) is 0 Å². The van der Waals surface area contributed by atoms with Crippen molar-refractivity contribution in [3.8, 4) is 0 Å². The second-order valence-electron chi connectivity index (χ2n) is 6.44. The number of rotatable bonds is 5. The molecule has 1 heterocycles. The zero-order valence-electron chi connectivity index (χ0n) is 14.1. The molecule has 1 aromatic carbocycles. The first-order valence-corrected chi connectivity index (χ1v) is 8.73. The molecule has 0 bridgehead atoms. The highest BCUT2D eigenvalue weighted by molar-refractivity contribution is 7.80. The molecule has 1 saturated heterocycles. The minimum absolute atomic E-state index is 0.728. The fourth-order valence-electron chi connectivity index (χ4n) is 2.87. The molecule has 4 N–H and O–H groups in total. The van der Waals surface area contributed by atoms with E-state index in [0.29, 0.717) is 0 Å². The Morgan fingerprint density at radius 3 is 2.64 bits per heavy atom. The van der Waals surface area contributed by atoms with Gasteiger partial charge in [-0.15, -0.1) is 0 Å². The van der Waals surface area contributed by atoms with E-state index in [1.165, 1.54) is 50.3 Å². The number of quaternary nitrogens is 2. The average Bonchev–Trinajstić information content (AvgIpc) is 2.50. The summed E-state index contributed by atoms with van der Waals surface area (Å²) >= 11 is 5.39. The maximum absolute atomic E-state index is 5.39. The Kier molecular flexibility index (Phi) is 6.61. The maximum Gasteiger partial charge on any atom is 0.170 e. The lowest BCUT2D eigenvalue weighted by Crippen LogP contribution is -3.27. The number of piperazine rings is 1. The summed E-state index contributed by atoms with van der Waals surface area (Å²) in [5.74, 6) is 0. The van der Waals surface area contributed by atoms with E-state index in [1.807, 2.05) is 0 Å². The minimum atomic E-state index is 0.728. The van der Waals surface area contributed by atoms with Gasteiger partial charge in [-0.2, -0.15) is 0 Å². The zero-order chi connectivity index (χ0) is 15.9. The fourth-order valence-corrected chi connectivity index (χ4v) is 3.09.